The first-order chi connectivity index (χ1) is 12.0. The third-order valence-electron chi connectivity index (χ3n) is 3.08. The van der Waals surface area contributed by atoms with E-state index in [1.165, 1.54) is 31.6 Å². The molecular formula is C16H15NO6S2. The first-order valence-corrected chi connectivity index (χ1v) is 8.63. The number of anilines is 1. The molecule has 2 N–H and O–H groups in total. The van der Waals surface area contributed by atoms with E-state index in [4.69, 9.17) is 10.5 Å². The van der Waals surface area contributed by atoms with E-state index < -0.39 is 17.9 Å². The molecule has 2 rings (SSSR count). The Kier molecular flexibility index (Phi) is 6.31. The predicted molar refractivity (Wildman–Crippen MR) is 94.6 cm³/mol. The quantitative estimate of drug-likeness (QED) is 0.466. The van der Waals surface area contributed by atoms with Crippen LogP contribution in [0.25, 0.3) is 6.08 Å². The second kappa shape index (κ2) is 8.45. The molecule has 2 heterocycles. The summed E-state index contributed by atoms with van der Waals surface area (Å²) in [6.45, 7) is -0.309. The van der Waals surface area contributed by atoms with E-state index in [0.29, 0.717) is 0 Å². The van der Waals surface area contributed by atoms with Gasteiger partial charge in [-0.2, -0.15) is 0 Å². The molecule has 2 aromatic rings. The van der Waals surface area contributed by atoms with Gasteiger partial charge in [0.05, 0.1) is 14.2 Å². The van der Waals surface area contributed by atoms with Crippen LogP contribution in [0.4, 0.5) is 5.00 Å². The molecule has 0 fully saturated rings. The molecule has 132 valence electrons. The van der Waals surface area contributed by atoms with Crippen molar-refractivity contribution in [3.63, 3.8) is 0 Å². The Hall–Kier alpha value is -2.65. The third kappa shape index (κ3) is 4.46. The Morgan fingerprint density at radius 2 is 1.92 bits per heavy atom. The van der Waals surface area contributed by atoms with Crippen molar-refractivity contribution in [3.05, 3.63) is 44.5 Å². The van der Waals surface area contributed by atoms with E-state index in [-0.39, 0.29) is 27.6 Å². The highest BCUT2D eigenvalue weighted by molar-refractivity contribution is 7.18. The minimum absolute atomic E-state index is 0.00272. The zero-order valence-corrected chi connectivity index (χ0v) is 15.1. The summed E-state index contributed by atoms with van der Waals surface area (Å²) >= 11 is 2.34. The molecule has 0 spiro atoms. The normalized spacial score (nSPS) is 10.6. The SMILES string of the molecule is COC(=O)c1sc(N)c(C(=O)OC)c1COC(=O)C=Cc1cccs1. The Bertz CT molecular complexity index is 807. The number of nitrogen functional groups attached to an aromatic ring is 1. The van der Waals surface area contributed by atoms with Crippen LogP contribution in [0.3, 0.4) is 0 Å². The number of carbonyl (C=O) groups is 3. The lowest BCUT2D eigenvalue weighted by molar-refractivity contribution is -0.138. The van der Waals surface area contributed by atoms with Crippen LogP contribution < -0.4 is 5.73 Å². The Morgan fingerprint density at radius 1 is 1.20 bits per heavy atom. The summed E-state index contributed by atoms with van der Waals surface area (Å²) < 4.78 is 14.5. The van der Waals surface area contributed by atoms with Crippen molar-refractivity contribution in [2.45, 2.75) is 6.61 Å². The van der Waals surface area contributed by atoms with Crippen molar-refractivity contribution in [3.8, 4) is 0 Å². The number of hydrogen-bond acceptors (Lipinski definition) is 9. The average molecular weight is 381 g/mol. The summed E-state index contributed by atoms with van der Waals surface area (Å²) in [5.74, 6) is -2.01. The van der Waals surface area contributed by atoms with Gasteiger partial charge in [0.25, 0.3) is 0 Å². The molecule has 0 saturated carbocycles. The molecule has 7 nitrogen and oxygen atoms in total. The van der Waals surface area contributed by atoms with Crippen LogP contribution in [-0.4, -0.2) is 32.1 Å². The molecule has 25 heavy (non-hydrogen) atoms. The lowest BCUT2D eigenvalue weighted by Gasteiger charge is -2.06. The van der Waals surface area contributed by atoms with Crippen LogP contribution in [0.2, 0.25) is 0 Å². The van der Waals surface area contributed by atoms with Crippen molar-refractivity contribution in [1.29, 1.82) is 0 Å². The predicted octanol–water partition coefficient (Wildman–Crippen LogP) is 2.72. The largest absolute Gasteiger partial charge is 0.465 e. The third-order valence-corrected chi connectivity index (χ3v) is 4.96. The number of rotatable bonds is 6. The minimum Gasteiger partial charge on any atom is -0.465 e. The molecule has 0 saturated heterocycles. The highest BCUT2D eigenvalue weighted by Crippen LogP contribution is 2.33. The van der Waals surface area contributed by atoms with E-state index in [0.717, 1.165) is 16.2 Å². The number of ether oxygens (including phenoxy) is 3. The van der Waals surface area contributed by atoms with Crippen LogP contribution in [0.1, 0.15) is 30.5 Å². The first-order valence-electron chi connectivity index (χ1n) is 6.94. The fourth-order valence-corrected chi connectivity index (χ4v) is 3.53. The molecule has 2 aromatic heterocycles. The van der Waals surface area contributed by atoms with Crippen LogP contribution >= 0.6 is 22.7 Å². The topological polar surface area (TPSA) is 105 Å². The number of nitrogens with two attached hydrogens (primary N) is 1. The van der Waals surface area contributed by atoms with Gasteiger partial charge in [0.2, 0.25) is 0 Å². The molecule has 0 aromatic carbocycles. The highest BCUT2D eigenvalue weighted by Gasteiger charge is 2.27. The number of methoxy groups -OCH3 is 2. The highest BCUT2D eigenvalue weighted by atomic mass is 32.1. The van der Waals surface area contributed by atoms with Crippen molar-refractivity contribution in [1.82, 2.24) is 0 Å². The van der Waals surface area contributed by atoms with E-state index in [1.807, 2.05) is 17.5 Å². The molecule has 0 aliphatic carbocycles. The summed E-state index contributed by atoms with van der Waals surface area (Å²) in [6, 6.07) is 3.70. The molecule has 0 amide bonds. The Balaban J connectivity index is 2.20. The van der Waals surface area contributed by atoms with Crippen molar-refractivity contribution in [2.24, 2.45) is 0 Å². The van der Waals surface area contributed by atoms with Crippen LogP contribution in [0.5, 0.6) is 0 Å². The smallest absolute Gasteiger partial charge is 0.348 e. The minimum atomic E-state index is -0.718. The van der Waals surface area contributed by atoms with Crippen LogP contribution in [0.15, 0.2) is 23.6 Å². The van der Waals surface area contributed by atoms with E-state index >= 15 is 0 Å². The lowest BCUT2D eigenvalue weighted by atomic mass is 10.1. The van der Waals surface area contributed by atoms with Gasteiger partial charge in [0.15, 0.2) is 0 Å². The van der Waals surface area contributed by atoms with E-state index in [2.05, 4.69) is 9.47 Å². The fraction of sp³-hybridized carbons (Fsp3) is 0.188. The molecule has 9 heteroatoms. The van der Waals surface area contributed by atoms with E-state index in [1.54, 1.807) is 6.08 Å². The summed E-state index contributed by atoms with van der Waals surface area (Å²) in [5.41, 5.74) is 5.97. The van der Waals surface area contributed by atoms with Gasteiger partial charge in [-0.3, -0.25) is 0 Å². The summed E-state index contributed by atoms with van der Waals surface area (Å²) in [6.07, 6.45) is 2.87. The monoisotopic (exact) mass is 381 g/mol. The van der Waals surface area contributed by atoms with Gasteiger partial charge in [-0.05, 0) is 17.5 Å². The molecule has 0 radical (unpaired) electrons. The zero-order chi connectivity index (χ0) is 18.4. The van der Waals surface area contributed by atoms with Crippen LogP contribution in [0, 0.1) is 0 Å². The van der Waals surface area contributed by atoms with Gasteiger partial charge in [-0.15, -0.1) is 22.7 Å². The van der Waals surface area contributed by atoms with Gasteiger partial charge in [0.1, 0.15) is 22.0 Å². The summed E-state index contributed by atoms with van der Waals surface area (Å²) in [5, 5.41) is 1.97. The Morgan fingerprint density at radius 3 is 2.52 bits per heavy atom. The van der Waals surface area contributed by atoms with Crippen LogP contribution in [-0.2, 0) is 25.6 Å². The summed E-state index contributed by atoms with van der Waals surface area (Å²) in [4.78, 5) is 36.6. The van der Waals surface area contributed by atoms with Gasteiger partial charge < -0.3 is 19.9 Å². The standard InChI is InChI=1S/C16H15NO6S2/c1-21-15(19)12-10(13(16(20)22-2)25-14(12)17)8-23-11(18)6-5-9-4-3-7-24-9/h3-7H,8,17H2,1-2H3. The maximum atomic E-state index is 11.9. The molecular weight excluding hydrogens is 366 g/mol. The molecule has 0 atom stereocenters. The van der Waals surface area contributed by atoms with E-state index in [9.17, 15) is 14.4 Å². The maximum absolute atomic E-state index is 11.9. The number of carbonyl (C=O) groups excluding carboxylic acids is 3. The Labute approximate surface area is 151 Å². The second-order valence-electron chi connectivity index (χ2n) is 4.59. The molecule has 0 aliphatic heterocycles. The zero-order valence-electron chi connectivity index (χ0n) is 13.4. The van der Waals surface area contributed by atoms with Crippen molar-refractivity contribution < 1.29 is 28.6 Å². The molecule has 0 bridgehead atoms. The summed E-state index contributed by atoms with van der Waals surface area (Å²) in [7, 11) is 2.40. The second-order valence-corrected chi connectivity index (χ2v) is 6.62. The number of hydrogen-bond donors (Lipinski definition) is 1. The molecule has 0 unspecified atom stereocenters. The first kappa shape index (κ1) is 18.7. The maximum Gasteiger partial charge on any atom is 0.348 e. The molecule has 0 aliphatic rings. The average Bonchev–Trinajstić information content (AvgIpc) is 3.24. The van der Waals surface area contributed by atoms with Gasteiger partial charge in [0, 0.05) is 16.5 Å². The lowest BCUT2D eigenvalue weighted by Crippen LogP contribution is -2.11. The van der Waals surface area contributed by atoms with Gasteiger partial charge in [-0.1, -0.05) is 6.07 Å². The van der Waals surface area contributed by atoms with Gasteiger partial charge >= 0.3 is 17.9 Å². The number of esters is 3. The van der Waals surface area contributed by atoms with Crippen molar-refractivity contribution in [2.75, 3.05) is 20.0 Å². The fourth-order valence-electron chi connectivity index (χ4n) is 1.93. The number of thiophene rings is 2. The van der Waals surface area contributed by atoms with Crippen molar-refractivity contribution >= 4 is 51.7 Å². The van der Waals surface area contributed by atoms with Gasteiger partial charge in [-0.25, -0.2) is 14.4 Å².